The van der Waals surface area contributed by atoms with E-state index in [1.807, 2.05) is 12.1 Å². The molecule has 0 unspecified atom stereocenters. The number of nitrogens with zero attached hydrogens (tertiary/aromatic N) is 3. The molecular weight excluding hydrogens is 222 g/mol. The van der Waals surface area contributed by atoms with Crippen LogP contribution in [0.4, 0.5) is 0 Å². The van der Waals surface area contributed by atoms with E-state index >= 15 is 0 Å². The van der Waals surface area contributed by atoms with Gasteiger partial charge < -0.3 is 0 Å². The lowest BCUT2D eigenvalue weighted by molar-refractivity contribution is 0.667. The van der Waals surface area contributed by atoms with Gasteiger partial charge in [0.05, 0.1) is 6.54 Å². The highest BCUT2D eigenvalue weighted by Crippen LogP contribution is 2.09. The molecule has 0 aliphatic heterocycles. The Labute approximate surface area is 109 Å². The molecule has 0 radical (unpaired) electrons. The summed E-state index contributed by atoms with van der Waals surface area (Å²) in [6.45, 7) is 2.46. The minimum Gasteiger partial charge on any atom is -0.0919 e. The maximum absolute atomic E-state index is 8.11. The van der Waals surface area contributed by atoms with E-state index in [4.69, 9.17) is 5.53 Å². The second-order valence-corrected chi connectivity index (χ2v) is 4.20. The van der Waals surface area contributed by atoms with Crippen LogP contribution in [0.15, 0.2) is 29.4 Å². The zero-order valence-corrected chi connectivity index (χ0v) is 10.9. The molecule has 0 spiro atoms. The SMILES string of the molecule is CCCCCCc1ccc(C#CCN=[N+]=[N-])cc1. The number of hydrogen-bond donors (Lipinski definition) is 0. The second kappa shape index (κ2) is 9.15. The smallest absolute Gasteiger partial charge is 0.0880 e. The maximum Gasteiger partial charge on any atom is 0.0880 e. The number of unbranched alkanes of at least 4 members (excludes halogenated alkanes) is 3. The van der Waals surface area contributed by atoms with Crippen LogP contribution in [0.2, 0.25) is 0 Å². The van der Waals surface area contributed by atoms with Gasteiger partial charge in [0.2, 0.25) is 0 Å². The molecule has 94 valence electrons. The van der Waals surface area contributed by atoms with Gasteiger partial charge in [-0.05, 0) is 36.1 Å². The van der Waals surface area contributed by atoms with Crippen molar-refractivity contribution in [3.63, 3.8) is 0 Å². The van der Waals surface area contributed by atoms with E-state index in [1.54, 1.807) is 0 Å². The normalized spacial score (nSPS) is 9.17. The largest absolute Gasteiger partial charge is 0.0919 e. The van der Waals surface area contributed by atoms with Gasteiger partial charge >= 0.3 is 0 Å². The molecule has 18 heavy (non-hydrogen) atoms. The fraction of sp³-hybridized carbons (Fsp3) is 0.467. The van der Waals surface area contributed by atoms with Gasteiger partial charge in [-0.1, -0.05) is 55.3 Å². The van der Waals surface area contributed by atoms with Crippen molar-refractivity contribution in [3.8, 4) is 11.8 Å². The first-order valence-corrected chi connectivity index (χ1v) is 6.45. The zero-order chi connectivity index (χ0) is 13.1. The summed E-state index contributed by atoms with van der Waals surface area (Å²) in [4.78, 5) is 2.65. The summed E-state index contributed by atoms with van der Waals surface area (Å²) in [6, 6.07) is 8.31. The predicted octanol–water partition coefficient (Wildman–Crippen LogP) is 4.47. The van der Waals surface area contributed by atoms with Gasteiger partial charge in [-0.15, -0.1) is 0 Å². The van der Waals surface area contributed by atoms with Crippen LogP contribution in [0.1, 0.15) is 43.7 Å². The molecule has 0 aromatic heterocycles. The minimum absolute atomic E-state index is 0.231. The van der Waals surface area contributed by atoms with Gasteiger partial charge in [-0.3, -0.25) is 0 Å². The first-order valence-electron chi connectivity index (χ1n) is 6.45. The molecule has 0 aliphatic carbocycles. The molecule has 0 heterocycles. The molecule has 0 bridgehead atoms. The maximum atomic E-state index is 8.11. The van der Waals surface area contributed by atoms with E-state index in [0.29, 0.717) is 0 Å². The van der Waals surface area contributed by atoms with Crippen molar-refractivity contribution in [3.05, 3.63) is 45.8 Å². The number of benzene rings is 1. The van der Waals surface area contributed by atoms with Gasteiger partial charge in [-0.25, -0.2) is 0 Å². The highest BCUT2D eigenvalue weighted by atomic mass is 15.1. The van der Waals surface area contributed by atoms with E-state index in [9.17, 15) is 0 Å². The van der Waals surface area contributed by atoms with E-state index in [-0.39, 0.29) is 6.54 Å². The highest BCUT2D eigenvalue weighted by molar-refractivity contribution is 5.36. The van der Waals surface area contributed by atoms with Gasteiger partial charge in [0, 0.05) is 10.5 Å². The third kappa shape index (κ3) is 5.98. The van der Waals surface area contributed by atoms with E-state index < -0.39 is 0 Å². The van der Waals surface area contributed by atoms with Crippen LogP contribution in [0.25, 0.3) is 10.4 Å². The second-order valence-electron chi connectivity index (χ2n) is 4.20. The van der Waals surface area contributed by atoms with Crippen molar-refractivity contribution in [2.24, 2.45) is 5.11 Å². The van der Waals surface area contributed by atoms with Crippen LogP contribution in [0, 0.1) is 11.8 Å². The molecule has 1 aromatic carbocycles. The molecule has 3 heteroatoms. The molecule has 0 atom stereocenters. The minimum atomic E-state index is 0.231. The summed E-state index contributed by atoms with van der Waals surface area (Å²) in [5, 5.41) is 3.37. The Bertz CT molecular complexity index is 445. The van der Waals surface area contributed by atoms with Crippen LogP contribution < -0.4 is 0 Å². The summed E-state index contributed by atoms with van der Waals surface area (Å²) in [5.41, 5.74) is 10.5. The van der Waals surface area contributed by atoms with Crippen molar-refractivity contribution in [1.29, 1.82) is 0 Å². The monoisotopic (exact) mass is 241 g/mol. The number of aryl methyl sites for hydroxylation is 1. The fourth-order valence-corrected chi connectivity index (χ4v) is 1.72. The predicted molar refractivity (Wildman–Crippen MR) is 75.2 cm³/mol. The third-order valence-electron chi connectivity index (χ3n) is 2.72. The molecule has 0 amide bonds. The Morgan fingerprint density at radius 2 is 1.94 bits per heavy atom. The molecule has 3 nitrogen and oxygen atoms in total. The number of hydrogen-bond acceptors (Lipinski definition) is 1. The Kier molecular flexibility index (Phi) is 7.20. The lowest BCUT2D eigenvalue weighted by Crippen LogP contribution is -1.86. The van der Waals surface area contributed by atoms with Crippen LogP contribution in [0.3, 0.4) is 0 Å². The standard InChI is InChI=1S/C15H19N3/c1-2-3-4-5-7-14-9-11-15(12-10-14)8-6-13-17-18-16/h9-12H,2-5,7,13H2,1H3. The molecule has 1 rings (SSSR count). The molecular formula is C15H19N3. The van der Waals surface area contributed by atoms with Crippen molar-refractivity contribution < 1.29 is 0 Å². The van der Waals surface area contributed by atoms with E-state index in [2.05, 4.69) is 40.9 Å². The summed E-state index contributed by atoms with van der Waals surface area (Å²) in [5.74, 6) is 5.78. The zero-order valence-electron chi connectivity index (χ0n) is 10.9. The lowest BCUT2D eigenvalue weighted by Gasteiger charge is -2.01. The average Bonchev–Trinajstić information content (AvgIpc) is 2.41. The average molecular weight is 241 g/mol. The van der Waals surface area contributed by atoms with Crippen molar-refractivity contribution >= 4 is 0 Å². The molecule has 0 N–H and O–H groups in total. The van der Waals surface area contributed by atoms with Gasteiger partial charge in [0.15, 0.2) is 0 Å². The van der Waals surface area contributed by atoms with Crippen molar-refractivity contribution in [2.45, 2.75) is 39.0 Å². The molecule has 0 fully saturated rings. The Hall–Kier alpha value is -1.91. The first kappa shape index (κ1) is 14.2. The topological polar surface area (TPSA) is 48.8 Å². The van der Waals surface area contributed by atoms with Crippen LogP contribution >= 0.6 is 0 Å². The quantitative estimate of drug-likeness (QED) is 0.232. The third-order valence-corrected chi connectivity index (χ3v) is 2.72. The van der Waals surface area contributed by atoms with E-state index in [0.717, 1.165) is 12.0 Å². The summed E-state index contributed by atoms with van der Waals surface area (Å²) in [7, 11) is 0. The Morgan fingerprint density at radius 1 is 1.17 bits per heavy atom. The van der Waals surface area contributed by atoms with Gasteiger partial charge in [0.1, 0.15) is 0 Å². The Morgan fingerprint density at radius 3 is 2.61 bits per heavy atom. The molecule has 0 saturated carbocycles. The molecule has 0 aliphatic rings. The summed E-state index contributed by atoms with van der Waals surface area (Å²) >= 11 is 0. The molecule has 1 aromatic rings. The molecule has 0 saturated heterocycles. The van der Waals surface area contributed by atoms with Crippen LogP contribution in [-0.2, 0) is 6.42 Å². The van der Waals surface area contributed by atoms with Crippen LogP contribution in [-0.4, -0.2) is 6.54 Å². The van der Waals surface area contributed by atoms with Crippen molar-refractivity contribution in [1.82, 2.24) is 0 Å². The van der Waals surface area contributed by atoms with E-state index in [1.165, 1.54) is 31.2 Å². The number of azide groups is 1. The van der Waals surface area contributed by atoms with Crippen molar-refractivity contribution in [2.75, 3.05) is 6.54 Å². The lowest BCUT2D eigenvalue weighted by atomic mass is 10.0. The fourth-order valence-electron chi connectivity index (χ4n) is 1.72. The van der Waals surface area contributed by atoms with Crippen LogP contribution in [0.5, 0.6) is 0 Å². The van der Waals surface area contributed by atoms with Gasteiger partial charge in [0.25, 0.3) is 0 Å². The number of rotatable bonds is 6. The van der Waals surface area contributed by atoms with Gasteiger partial charge in [-0.2, -0.15) is 0 Å². The highest BCUT2D eigenvalue weighted by Gasteiger charge is 1.93. The Balaban J connectivity index is 2.41. The summed E-state index contributed by atoms with van der Waals surface area (Å²) < 4.78 is 0. The summed E-state index contributed by atoms with van der Waals surface area (Å²) in [6.07, 6.45) is 6.31. The first-order chi connectivity index (χ1) is 8.86.